The van der Waals surface area contributed by atoms with Crippen LogP contribution in [0.4, 0.5) is 0 Å². The van der Waals surface area contributed by atoms with Gasteiger partial charge in [-0.2, -0.15) is 11.8 Å². The molecule has 1 N–H and O–H groups in total. The van der Waals surface area contributed by atoms with E-state index in [9.17, 15) is 0 Å². The molecule has 0 rings (SSSR count). The summed E-state index contributed by atoms with van der Waals surface area (Å²) in [4.78, 5) is 0. The Morgan fingerprint density at radius 2 is 1.93 bits per heavy atom. The van der Waals surface area contributed by atoms with E-state index in [1.54, 1.807) is 0 Å². The average molecular weight is 231 g/mol. The van der Waals surface area contributed by atoms with Crippen LogP contribution < -0.4 is 5.32 Å². The fraction of sp³-hybridized carbons (Fsp3) is 1.00. The highest BCUT2D eigenvalue weighted by molar-refractivity contribution is 7.99. The molecule has 0 saturated carbocycles. The highest BCUT2D eigenvalue weighted by Gasteiger charge is 2.20. The third-order valence-electron chi connectivity index (χ3n) is 2.73. The zero-order valence-corrected chi connectivity index (χ0v) is 12.0. The summed E-state index contributed by atoms with van der Waals surface area (Å²) < 4.78 is 0. The Bertz CT molecular complexity index is 145. The summed E-state index contributed by atoms with van der Waals surface area (Å²) in [6, 6.07) is 0.659. The number of rotatable bonds is 9. The molecule has 0 aliphatic heterocycles. The van der Waals surface area contributed by atoms with Crippen molar-refractivity contribution in [1.82, 2.24) is 5.32 Å². The zero-order valence-electron chi connectivity index (χ0n) is 11.2. The molecule has 2 heteroatoms. The third kappa shape index (κ3) is 9.25. The van der Waals surface area contributed by atoms with Crippen molar-refractivity contribution in [3.8, 4) is 0 Å². The van der Waals surface area contributed by atoms with Gasteiger partial charge in [0.1, 0.15) is 0 Å². The maximum Gasteiger partial charge on any atom is 0.00438 e. The number of nitrogens with one attached hydrogen (secondary N) is 1. The molecule has 0 aromatic heterocycles. The first kappa shape index (κ1) is 15.3. The molecular formula is C13H29NS. The van der Waals surface area contributed by atoms with Crippen molar-refractivity contribution < 1.29 is 0 Å². The van der Waals surface area contributed by atoms with E-state index in [0.717, 1.165) is 6.54 Å². The summed E-state index contributed by atoms with van der Waals surface area (Å²) in [6.45, 7) is 12.7. The van der Waals surface area contributed by atoms with Crippen LogP contribution in [-0.2, 0) is 0 Å². The van der Waals surface area contributed by atoms with Crippen molar-refractivity contribution in [2.24, 2.45) is 5.41 Å². The van der Waals surface area contributed by atoms with Crippen LogP contribution in [0.5, 0.6) is 0 Å². The minimum absolute atomic E-state index is 0.488. The van der Waals surface area contributed by atoms with Gasteiger partial charge in [-0.05, 0) is 49.7 Å². The molecule has 0 amide bonds. The minimum Gasteiger partial charge on any atom is -0.314 e. The van der Waals surface area contributed by atoms with Crippen molar-refractivity contribution in [1.29, 1.82) is 0 Å². The largest absolute Gasteiger partial charge is 0.314 e. The molecule has 1 atom stereocenters. The molecule has 0 heterocycles. The summed E-state index contributed by atoms with van der Waals surface area (Å²) in [5, 5.41) is 3.57. The Kier molecular flexibility index (Phi) is 8.64. The van der Waals surface area contributed by atoms with E-state index < -0.39 is 0 Å². The molecule has 92 valence electrons. The fourth-order valence-corrected chi connectivity index (χ4v) is 2.87. The van der Waals surface area contributed by atoms with E-state index in [-0.39, 0.29) is 0 Å². The molecule has 0 fully saturated rings. The topological polar surface area (TPSA) is 12.0 Å². The first-order valence-electron chi connectivity index (χ1n) is 6.33. The number of hydrogen-bond acceptors (Lipinski definition) is 2. The van der Waals surface area contributed by atoms with E-state index in [2.05, 4.69) is 51.7 Å². The number of hydrogen-bond donors (Lipinski definition) is 1. The Morgan fingerprint density at radius 3 is 2.47 bits per heavy atom. The van der Waals surface area contributed by atoms with Gasteiger partial charge in [0.05, 0.1) is 0 Å². The van der Waals surface area contributed by atoms with Gasteiger partial charge in [0, 0.05) is 6.04 Å². The summed E-state index contributed by atoms with van der Waals surface area (Å²) in [6.07, 6.45) is 3.86. The molecule has 1 nitrogen and oxygen atoms in total. The zero-order chi connectivity index (χ0) is 11.7. The predicted octanol–water partition coefficient (Wildman–Crippen LogP) is 3.93. The second-order valence-corrected chi connectivity index (χ2v) is 6.56. The lowest BCUT2D eigenvalue weighted by molar-refractivity contribution is 0.281. The monoisotopic (exact) mass is 231 g/mol. The first-order chi connectivity index (χ1) is 7.02. The van der Waals surface area contributed by atoms with Crippen LogP contribution in [0.25, 0.3) is 0 Å². The maximum atomic E-state index is 3.57. The van der Waals surface area contributed by atoms with Gasteiger partial charge in [0.2, 0.25) is 0 Å². The molecule has 0 saturated heterocycles. The predicted molar refractivity (Wildman–Crippen MR) is 73.8 cm³/mol. The molecule has 0 aromatic carbocycles. The van der Waals surface area contributed by atoms with Gasteiger partial charge in [-0.15, -0.1) is 0 Å². The van der Waals surface area contributed by atoms with E-state index in [1.165, 1.54) is 30.8 Å². The highest BCUT2D eigenvalue weighted by Crippen LogP contribution is 2.28. The van der Waals surface area contributed by atoms with Crippen molar-refractivity contribution in [3.05, 3.63) is 0 Å². The standard InChI is InChI=1S/C13H29NS/c1-6-9-14-12(3)11-13(4,5)8-10-15-7-2/h12,14H,6-11H2,1-5H3. The highest BCUT2D eigenvalue weighted by atomic mass is 32.2. The lowest BCUT2D eigenvalue weighted by atomic mass is 9.83. The van der Waals surface area contributed by atoms with Crippen molar-refractivity contribution in [2.75, 3.05) is 18.1 Å². The van der Waals surface area contributed by atoms with Crippen molar-refractivity contribution >= 4 is 11.8 Å². The van der Waals surface area contributed by atoms with Crippen LogP contribution in [-0.4, -0.2) is 24.1 Å². The molecule has 0 bridgehead atoms. The van der Waals surface area contributed by atoms with Gasteiger partial charge in [-0.3, -0.25) is 0 Å². The van der Waals surface area contributed by atoms with E-state index in [0.29, 0.717) is 11.5 Å². The third-order valence-corrected chi connectivity index (χ3v) is 3.63. The molecule has 15 heavy (non-hydrogen) atoms. The van der Waals surface area contributed by atoms with Crippen LogP contribution in [0.1, 0.15) is 53.9 Å². The SMILES string of the molecule is CCCNC(C)CC(C)(C)CCSCC. The lowest BCUT2D eigenvalue weighted by Crippen LogP contribution is -2.32. The summed E-state index contributed by atoms with van der Waals surface area (Å²) in [7, 11) is 0. The van der Waals surface area contributed by atoms with Crippen molar-refractivity contribution in [3.63, 3.8) is 0 Å². The number of thioether (sulfide) groups is 1. The van der Waals surface area contributed by atoms with Crippen LogP contribution in [0.3, 0.4) is 0 Å². The smallest absolute Gasteiger partial charge is 0.00438 e. The molecule has 0 radical (unpaired) electrons. The van der Waals surface area contributed by atoms with Gasteiger partial charge in [0.15, 0.2) is 0 Å². The van der Waals surface area contributed by atoms with Gasteiger partial charge in [0.25, 0.3) is 0 Å². The molecule has 0 aromatic rings. The van der Waals surface area contributed by atoms with Crippen LogP contribution >= 0.6 is 11.8 Å². The second kappa shape index (κ2) is 8.46. The van der Waals surface area contributed by atoms with Gasteiger partial charge in [-0.1, -0.05) is 27.7 Å². The molecule has 1 unspecified atom stereocenters. The summed E-state index contributed by atoms with van der Waals surface area (Å²) in [5.74, 6) is 2.56. The Hall–Kier alpha value is 0.310. The maximum absolute atomic E-state index is 3.57. The fourth-order valence-electron chi connectivity index (χ4n) is 1.89. The second-order valence-electron chi connectivity index (χ2n) is 5.17. The molecule has 0 spiro atoms. The van der Waals surface area contributed by atoms with E-state index in [1.807, 2.05) is 0 Å². The normalized spacial score (nSPS) is 14.2. The summed E-state index contributed by atoms with van der Waals surface area (Å²) in [5.41, 5.74) is 0.488. The van der Waals surface area contributed by atoms with Gasteiger partial charge in [-0.25, -0.2) is 0 Å². The molecule has 0 aliphatic carbocycles. The lowest BCUT2D eigenvalue weighted by Gasteiger charge is -2.28. The average Bonchev–Trinajstić information content (AvgIpc) is 2.14. The first-order valence-corrected chi connectivity index (χ1v) is 7.48. The van der Waals surface area contributed by atoms with Crippen LogP contribution in [0.15, 0.2) is 0 Å². The minimum atomic E-state index is 0.488. The Morgan fingerprint density at radius 1 is 1.27 bits per heavy atom. The Labute approximate surface area is 101 Å². The van der Waals surface area contributed by atoms with Gasteiger partial charge < -0.3 is 5.32 Å². The van der Waals surface area contributed by atoms with Crippen LogP contribution in [0, 0.1) is 5.41 Å². The van der Waals surface area contributed by atoms with E-state index >= 15 is 0 Å². The molecular weight excluding hydrogens is 202 g/mol. The van der Waals surface area contributed by atoms with Crippen molar-refractivity contribution in [2.45, 2.75) is 59.9 Å². The molecule has 0 aliphatic rings. The quantitative estimate of drug-likeness (QED) is 0.603. The van der Waals surface area contributed by atoms with E-state index in [4.69, 9.17) is 0 Å². The Balaban J connectivity index is 3.69. The van der Waals surface area contributed by atoms with Crippen LogP contribution in [0.2, 0.25) is 0 Å². The van der Waals surface area contributed by atoms with Gasteiger partial charge >= 0.3 is 0 Å². The summed E-state index contributed by atoms with van der Waals surface area (Å²) >= 11 is 2.06.